The largest absolute Gasteiger partial charge is 0.489 e. The Balaban J connectivity index is 3.95. The van der Waals surface area contributed by atoms with Gasteiger partial charge >= 0.3 is 7.60 Å². The summed E-state index contributed by atoms with van der Waals surface area (Å²) in [5.74, 6) is 0. The molecule has 0 saturated heterocycles. The first-order valence-electron chi connectivity index (χ1n) is 4.83. The second-order valence-electron chi connectivity index (χ2n) is 2.52. The van der Waals surface area contributed by atoms with Gasteiger partial charge in [0, 0.05) is 0 Å². The van der Waals surface area contributed by atoms with E-state index in [2.05, 4.69) is 0 Å². The van der Waals surface area contributed by atoms with Crippen molar-refractivity contribution in [1.82, 2.24) is 0 Å². The van der Waals surface area contributed by atoms with Gasteiger partial charge in [-0.15, -0.1) is 0 Å². The minimum atomic E-state index is -3.03. The summed E-state index contributed by atoms with van der Waals surface area (Å²) in [7, 11) is -3.03. The molecule has 0 N–H and O–H groups in total. The number of ether oxygens (including phenoxy) is 1. The zero-order valence-electron chi connectivity index (χ0n) is 9.06. The monoisotopic (exact) mass is 222 g/mol. The molecular formula is C9H19O4P. The van der Waals surface area contributed by atoms with Crippen molar-refractivity contribution in [2.75, 3.05) is 19.6 Å². The summed E-state index contributed by atoms with van der Waals surface area (Å²) in [6, 6.07) is 0. The maximum Gasteiger partial charge on any atom is 0.367 e. The molecular weight excluding hydrogens is 203 g/mol. The molecule has 0 saturated carbocycles. The third-order valence-electron chi connectivity index (χ3n) is 1.31. The minimum absolute atomic E-state index is 0.0226. The first-order chi connectivity index (χ1) is 6.68. The fourth-order valence-electron chi connectivity index (χ4n) is 0.804. The highest BCUT2D eigenvalue weighted by molar-refractivity contribution is 7.53. The van der Waals surface area contributed by atoms with Crippen LogP contribution in [-0.2, 0) is 18.3 Å². The van der Waals surface area contributed by atoms with E-state index in [1.165, 1.54) is 6.26 Å². The quantitative estimate of drug-likeness (QED) is 0.467. The summed E-state index contributed by atoms with van der Waals surface area (Å²) >= 11 is 0. The lowest BCUT2D eigenvalue weighted by atomic mass is 10.5. The highest BCUT2D eigenvalue weighted by Gasteiger charge is 2.23. The molecule has 0 aliphatic carbocycles. The van der Waals surface area contributed by atoms with Crippen molar-refractivity contribution in [3.8, 4) is 0 Å². The highest BCUT2D eigenvalue weighted by Crippen LogP contribution is 2.47. The Labute approximate surface area is 85.8 Å². The van der Waals surface area contributed by atoms with Gasteiger partial charge in [0.05, 0.1) is 19.5 Å². The summed E-state index contributed by atoms with van der Waals surface area (Å²) in [4.78, 5) is 0. The van der Waals surface area contributed by atoms with Crippen LogP contribution in [-0.4, -0.2) is 19.6 Å². The zero-order chi connectivity index (χ0) is 10.9. The molecule has 0 aromatic rings. The van der Waals surface area contributed by atoms with E-state index in [9.17, 15) is 4.57 Å². The second-order valence-corrected chi connectivity index (χ2v) is 4.52. The molecule has 0 aliphatic heterocycles. The third-order valence-corrected chi connectivity index (χ3v) is 3.08. The van der Waals surface area contributed by atoms with Crippen LogP contribution in [0.1, 0.15) is 27.2 Å². The van der Waals surface area contributed by atoms with Gasteiger partial charge in [0.25, 0.3) is 0 Å². The van der Waals surface area contributed by atoms with Crippen LogP contribution in [0.5, 0.6) is 0 Å². The Morgan fingerprint density at radius 2 is 1.71 bits per heavy atom. The number of hydrogen-bond donors (Lipinski definition) is 0. The molecule has 0 rings (SSSR count). The molecule has 4 nitrogen and oxygen atoms in total. The fourth-order valence-corrected chi connectivity index (χ4v) is 2.08. The molecule has 0 radical (unpaired) electrons. The lowest BCUT2D eigenvalue weighted by Crippen LogP contribution is -2.00. The Morgan fingerprint density at radius 1 is 1.14 bits per heavy atom. The van der Waals surface area contributed by atoms with Crippen LogP contribution in [0.4, 0.5) is 0 Å². The Hall–Kier alpha value is -0.310. The smallest absolute Gasteiger partial charge is 0.367 e. The van der Waals surface area contributed by atoms with Gasteiger partial charge in [-0.3, -0.25) is 4.57 Å². The van der Waals surface area contributed by atoms with E-state index in [0.29, 0.717) is 13.2 Å². The van der Waals surface area contributed by atoms with Crippen molar-refractivity contribution >= 4 is 7.60 Å². The van der Waals surface area contributed by atoms with Gasteiger partial charge in [-0.2, -0.15) is 0 Å². The molecule has 0 amide bonds. The maximum atomic E-state index is 11.8. The standard InChI is InChI=1S/C9H19O4P/c1-4-7-8-11-9-14(10,12-5-2)13-6-3/h7-8H,4-6,9H2,1-3H3. The summed E-state index contributed by atoms with van der Waals surface area (Å²) in [5.41, 5.74) is 0. The topological polar surface area (TPSA) is 44.8 Å². The lowest BCUT2D eigenvalue weighted by Gasteiger charge is -2.15. The number of rotatable bonds is 8. The third kappa shape index (κ3) is 6.19. The van der Waals surface area contributed by atoms with Gasteiger partial charge in [-0.05, 0) is 20.3 Å². The molecule has 0 heterocycles. The lowest BCUT2D eigenvalue weighted by molar-refractivity contribution is 0.183. The van der Waals surface area contributed by atoms with Crippen molar-refractivity contribution in [2.45, 2.75) is 27.2 Å². The Bertz CT molecular complexity index is 193. The van der Waals surface area contributed by atoms with Crippen LogP contribution in [0.15, 0.2) is 12.3 Å². The minimum Gasteiger partial charge on any atom is -0.489 e. The van der Waals surface area contributed by atoms with Gasteiger partial charge < -0.3 is 13.8 Å². The zero-order valence-corrected chi connectivity index (χ0v) is 9.96. The molecule has 84 valence electrons. The van der Waals surface area contributed by atoms with Crippen LogP contribution >= 0.6 is 7.60 Å². The van der Waals surface area contributed by atoms with Crippen molar-refractivity contribution in [3.63, 3.8) is 0 Å². The summed E-state index contributed by atoms with van der Waals surface area (Å²) < 4.78 is 26.9. The first-order valence-corrected chi connectivity index (χ1v) is 6.56. The van der Waals surface area contributed by atoms with Crippen LogP contribution in [0.3, 0.4) is 0 Å². The Kier molecular flexibility index (Phi) is 7.86. The van der Waals surface area contributed by atoms with Gasteiger partial charge in [0.1, 0.15) is 0 Å². The molecule has 0 atom stereocenters. The maximum absolute atomic E-state index is 11.8. The first kappa shape index (κ1) is 13.7. The SMILES string of the molecule is CCC=COCP(=O)(OCC)OCC. The molecule has 0 aliphatic rings. The van der Waals surface area contributed by atoms with E-state index in [4.69, 9.17) is 13.8 Å². The molecule has 0 spiro atoms. The van der Waals surface area contributed by atoms with Gasteiger partial charge in [-0.25, -0.2) is 0 Å². The summed E-state index contributed by atoms with van der Waals surface area (Å²) in [6.45, 7) is 6.25. The molecule has 0 bridgehead atoms. The van der Waals surface area contributed by atoms with E-state index in [1.807, 2.05) is 13.0 Å². The van der Waals surface area contributed by atoms with E-state index in [0.717, 1.165) is 6.42 Å². The van der Waals surface area contributed by atoms with Gasteiger partial charge in [-0.1, -0.05) is 13.0 Å². The van der Waals surface area contributed by atoms with Crippen LogP contribution in [0, 0.1) is 0 Å². The van der Waals surface area contributed by atoms with E-state index in [-0.39, 0.29) is 6.35 Å². The summed E-state index contributed by atoms with van der Waals surface area (Å²) in [6.07, 6.45) is 4.21. The predicted octanol–water partition coefficient (Wildman–Crippen LogP) is 3.15. The van der Waals surface area contributed by atoms with Gasteiger partial charge in [0.2, 0.25) is 0 Å². The average molecular weight is 222 g/mol. The van der Waals surface area contributed by atoms with Crippen LogP contribution in [0.2, 0.25) is 0 Å². The predicted molar refractivity (Wildman–Crippen MR) is 56.2 cm³/mol. The van der Waals surface area contributed by atoms with Crippen molar-refractivity contribution in [2.24, 2.45) is 0 Å². The normalized spacial score (nSPS) is 12.2. The number of allylic oxidation sites excluding steroid dienone is 1. The highest BCUT2D eigenvalue weighted by atomic mass is 31.2. The van der Waals surface area contributed by atoms with Crippen molar-refractivity contribution in [1.29, 1.82) is 0 Å². The van der Waals surface area contributed by atoms with E-state index >= 15 is 0 Å². The second kappa shape index (κ2) is 8.04. The molecule has 0 aromatic carbocycles. The molecule has 14 heavy (non-hydrogen) atoms. The average Bonchev–Trinajstić information content (AvgIpc) is 2.13. The van der Waals surface area contributed by atoms with E-state index in [1.54, 1.807) is 13.8 Å². The molecule has 0 aromatic heterocycles. The number of hydrogen-bond acceptors (Lipinski definition) is 4. The fraction of sp³-hybridized carbons (Fsp3) is 0.778. The Morgan fingerprint density at radius 3 is 2.14 bits per heavy atom. The van der Waals surface area contributed by atoms with E-state index < -0.39 is 7.60 Å². The molecule has 0 unspecified atom stereocenters. The van der Waals surface area contributed by atoms with Crippen molar-refractivity contribution in [3.05, 3.63) is 12.3 Å². The summed E-state index contributed by atoms with van der Waals surface area (Å²) in [5, 5.41) is 0. The molecule has 5 heteroatoms. The van der Waals surface area contributed by atoms with Crippen LogP contribution < -0.4 is 0 Å². The van der Waals surface area contributed by atoms with Crippen LogP contribution in [0.25, 0.3) is 0 Å². The molecule has 0 fully saturated rings. The van der Waals surface area contributed by atoms with Gasteiger partial charge in [0.15, 0.2) is 6.35 Å². The van der Waals surface area contributed by atoms with Crippen molar-refractivity contribution < 1.29 is 18.3 Å².